The van der Waals surface area contributed by atoms with E-state index in [1.165, 1.54) is 19.1 Å². The number of hydrogen-bond acceptors (Lipinski definition) is 2. The first-order valence-electron chi connectivity index (χ1n) is 7.43. The van der Waals surface area contributed by atoms with Gasteiger partial charge in [-0.2, -0.15) is 0 Å². The molecule has 0 bridgehead atoms. The quantitative estimate of drug-likeness (QED) is 0.772. The average Bonchev–Trinajstić information content (AvgIpc) is 2.89. The largest absolute Gasteiger partial charge is 0.338 e. The van der Waals surface area contributed by atoms with E-state index in [1.54, 1.807) is 41.1 Å². The molecular formula is C18H16FN3O2. The number of amides is 2. The van der Waals surface area contributed by atoms with Crippen molar-refractivity contribution in [3.05, 3.63) is 60.5 Å². The Balaban J connectivity index is 1.73. The molecule has 0 aliphatic rings. The third kappa shape index (κ3) is 3.60. The molecule has 0 fully saturated rings. The summed E-state index contributed by atoms with van der Waals surface area (Å²) in [6.45, 7) is 1.48. The van der Waals surface area contributed by atoms with Crippen molar-refractivity contribution >= 4 is 34.1 Å². The molecule has 0 aliphatic heterocycles. The van der Waals surface area contributed by atoms with Crippen molar-refractivity contribution in [1.82, 2.24) is 4.57 Å². The Kier molecular flexibility index (Phi) is 4.29. The van der Waals surface area contributed by atoms with Gasteiger partial charge in [0.05, 0.1) is 5.52 Å². The molecule has 122 valence electrons. The van der Waals surface area contributed by atoms with Crippen LogP contribution in [0, 0.1) is 5.82 Å². The fraction of sp³-hybridized carbons (Fsp3) is 0.111. The highest BCUT2D eigenvalue weighted by Crippen LogP contribution is 2.18. The fourth-order valence-electron chi connectivity index (χ4n) is 2.53. The number of rotatable bonds is 4. The summed E-state index contributed by atoms with van der Waals surface area (Å²) in [4.78, 5) is 23.3. The standard InChI is InChI=1S/C18H16FN3O2/c1-12(23)20-15-3-2-4-16(10-15)21-18(24)11-22-8-7-13-5-6-14(19)9-17(13)22/h2-10H,11H2,1H3,(H,20,23)(H,21,24). The summed E-state index contributed by atoms with van der Waals surface area (Å²) in [6, 6.07) is 13.2. The van der Waals surface area contributed by atoms with E-state index in [2.05, 4.69) is 10.6 Å². The predicted octanol–water partition coefficient (Wildman–Crippen LogP) is 3.38. The van der Waals surface area contributed by atoms with E-state index in [0.717, 1.165) is 5.39 Å². The number of hydrogen-bond donors (Lipinski definition) is 2. The van der Waals surface area contributed by atoms with Crippen molar-refractivity contribution < 1.29 is 14.0 Å². The van der Waals surface area contributed by atoms with Gasteiger partial charge in [-0.15, -0.1) is 0 Å². The van der Waals surface area contributed by atoms with E-state index >= 15 is 0 Å². The Morgan fingerprint density at radius 1 is 1.04 bits per heavy atom. The number of aromatic nitrogens is 1. The number of anilines is 2. The molecule has 5 nitrogen and oxygen atoms in total. The van der Waals surface area contributed by atoms with Gasteiger partial charge in [0.25, 0.3) is 0 Å². The van der Waals surface area contributed by atoms with E-state index in [4.69, 9.17) is 0 Å². The monoisotopic (exact) mass is 325 g/mol. The van der Waals surface area contributed by atoms with Gasteiger partial charge in [0.1, 0.15) is 12.4 Å². The highest BCUT2D eigenvalue weighted by atomic mass is 19.1. The van der Waals surface area contributed by atoms with Gasteiger partial charge in [0.15, 0.2) is 0 Å². The van der Waals surface area contributed by atoms with Crippen LogP contribution in [0.5, 0.6) is 0 Å². The smallest absolute Gasteiger partial charge is 0.244 e. The Morgan fingerprint density at radius 2 is 1.79 bits per heavy atom. The average molecular weight is 325 g/mol. The second-order valence-electron chi connectivity index (χ2n) is 5.46. The summed E-state index contributed by atoms with van der Waals surface area (Å²) in [5, 5.41) is 6.30. The van der Waals surface area contributed by atoms with Crippen LogP contribution in [0.3, 0.4) is 0 Å². The van der Waals surface area contributed by atoms with Crippen molar-refractivity contribution in [3.8, 4) is 0 Å². The third-order valence-electron chi connectivity index (χ3n) is 3.52. The van der Waals surface area contributed by atoms with Crippen LogP contribution in [0.15, 0.2) is 54.7 Å². The summed E-state index contributed by atoms with van der Waals surface area (Å²) in [7, 11) is 0. The summed E-state index contributed by atoms with van der Waals surface area (Å²) in [5.74, 6) is -0.762. The van der Waals surface area contributed by atoms with Gasteiger partial charge >= 0.3 is 0 Å². The molecule has 2 aromatic carbocycles. The molecular weight excluding hydrogens is 309 g/mol. The molecule has 2 N–H and O–H groups in total. The van der Waals surface area contributed by atoms with Crippen LogP contribution in [0.1, 0.15) is 6.92 Å². The first-order chi connectivity index (χ1) is 11.5. The summed E-state index contributed by atoms with van der Waals surface area (Å²) >= 11 is 0. The number of fused-ring (bicyclic) bond motifs is 1. The number of halogens is 1. The van der Waals surface area contributed by atoms with Gasteiger partial charge in [0, 0.05) is 24.5 Å². The number of nitrogens with one attached hydrogen (secondary N) is 2. The number of nitrogens with zero attached hydrogens (tertiary/aromatic N) is 1. The van der Waals surface area contributed by atoms with Crippen molar-refractivity contribution in [1.29, 1.82) is 0 Å². The Labute approximate surface area is 138 Å². The number of benzene rings is 2. The number of carbonyl (C=O) groups is 2. The zero-order valence-corrected chi connectivity index (χ0v) is 13.0. The molecule has 6 heteroatoms. The van der Waals surface area contributed by atoms with Crippen LogP contribution < -0.4 is 10.6 Å². The first-order valence-corrected chi connectivity index (χ1v) is 7.43. The Morgan fingerprint density at radius 3 is 2.54 bits per heavy atom. The number of carbonyl (C=O) groups excluding carboxylic acids is 2. The van der Waals surface area contributed by atoms with Crippen molar-refractivity contribution in [2.24, 2.45) is 0 Å². The Hall–Kier alpha value is -3.15. The van der Waals surface area contributed by atoms with E-state index in [9.17, 15) is 14.0 Å². The van der Waals surface area contributed by atoms with Gasteiger partial charge in [-0.25, -0.2) is 4.39 Å². The highest BCUT2D eigenvalue weighted by Gasteiger charge is 2.08. The minimum absolute atomic E-state index is 0.0668. The lowest BCUT2D eigenvalue weighted by molar-refractivity contribution is -0.116. The molecule has 1 heterocycles. The lowest BCUT2D eigenvalue weighted by Gasteiger charge is -2.09. The third-order valence-corrected chi connectivity index (χ3v) is 3.52. The zero-order valence-electron chi connectivity index (χ0n) is 13.0. The molecule has 0 saturated carbocycles. The molecule has 0 spiro atoms. The van der Waals surface area contributed by atoms with Gasteiger partial charge < -0.3 is 15.2 Å². The maximum Gasteiger partial charge on any atom is 0.244 e. The van der Waals surface area contributed by atoms with Crippen LogP contribution in [0.4, 0.5) is 15.8 Å². The molecule has 0 radical (unpaired) electrons. The molecule has 0 unspecified atom stereocenters. The minimum atomic E-state index is -0.342. The molecule has 24 heavy (non-hydrogen) atoms. The first kappa shape index (κ1) is 15.7. The lowest BCUT2D eigenvalue weighted by atomic mass is 10.2. The van der Waals surface area contributed by atoms with Crippen LogP contribution in [-0.2, 0) is 16.1 Å². The summed E-state index contributed by atoms with van der Waals surface area (Å²) in [5.41, 5.74) is 1.85. The highest BCUT2D eigenvalue weighted by molar-refractivity contribution is 5.94. The topological polar surface area (TPSA) is 63.1 Å². The SMILES string of the molecule is CC(=O)Nc1cccc(NC(=O)Cn2ccc3ccc(F)cc32)c1. The van der Waals surface area contributed by atoms with Gasteiger partial charge in [-0.1, -0.05) is 6.07 Å². The van der Waals surface area contributed by atoms with Crippen LogP contribution in [-0.4, -0.2) is 16.4 Å². The van der Waals surface area contributed by atoms with Crippen molar-refractivity contribution in [2.45, 2.75) is 13.5 Å². The van der Waals surface area contributed by atoms with E-state index < -0.39 is 0 Å². The van der Waals surface area contributed by atoms with Gasteiger partial charge in [-0.05, 0) is 47.9 Å². The summed E-state index contributed by atoms with van der Waals surface area (Å²) < 4.78 is 15.1. The van der Waals surface area contributed by atoms with Crippen LogP contribution >= 0.6 is 0 Å². The minimum Gasteiger partial charge on any atom is -0.338 e. The Bertz CT molecular complexity index is 918. The van der Waals surface area contributed by atoms with Gasteiger partial charge in [0.2, 0.25) is 11.8 Å². The molecule has 0 atom stereocenters. The predicted molar refractivity (Wildman–Crippen MR) is 91.3 cm³/mol. The lowest BCUT2D eigenvalue weighted by Crippen LogP contribution is -2.18. The molecule has 3 aromatic rings. The van der Waals surface area contributed by atoms with Gasteiger partial charge in [-0.3, -0.25) is 9.59 Å². The maximum atomic E-state index is 13.4. The normalized spacial score (nSPS) is 10.6. The molecule has 0 aliphatic carbocycles. The second-order valence-corrected chi connectivity index (χ2v) is 5.46. The zero-order chi connectivity index (χ0) is 17.1. The van der Waals surface area contributed by atoms with E-state index in [1.807, 2.05) is 6.07 Å². The molecule has 3 rings (SSSR count). The van der Waals surface area contributed by atoms with E-state index in [0.29, 0.717) is 16.9 Å². The van der Waals surface area contributed by atoms with Crippen molar-refractivity contribution in [3.63, 3.8) is 0 Å². The van der Waals surface area contributed by atoms with Crippen LogP contribution in [0.25, 0.3) is 10.9 Å². The van der Waals surface area contributed by atoms with E-state index in [-0.39, 0.29) is 24.2 Å². The molecule has 1 aromatic heterocycles. The second kappa shape index (κ2) is 6.54. The van der Waals surface area contributed by atoms with Crippen LogP contribution in [0.2, 0.25) is 0 Å². The fourth-order valence-corrected chi connectivity index (χ4v) is 2.53. The molecule has 0 saturated heterocycles. The molecule has 2 amide bonds. The van der Waals surface area contributed by atoms with Crippen molar-refractivity contribution in [2.75, 3.05) is 10.6 Å². The summed E-state index contributed by atoms with van der Waals surface area (Å²) in [6.07, 6.45) is 1.75. The maximum absolute atomic E-state index is 13.4.